The standard InChI is InChI=1S/C14H20O4/c1-9-7-11(17-3)8-10(2)14(9)12(15)5-6-13(16)18-4/h7-8,12,15H,5-6H2,1-4H3. The van der Waals surface area contributed by atoms with Gasteiger partial charge >= 0.3 is 5.97 Å². The van der Waals surface area contributed by atoms with Crippen LogP contribution in [0.25, 0.3) is 0 Å². The van der Waals surface area contributed by atoms with Crippen LogP contribution in [0.4, 0.5) is 0 Å². The number of benzene rings is 1. The Bertz CT molecular complexity index is 403. The van der Waals surface area contributed by atoms with Crippen LogP contribution in [-0.2, 0) is 9.53 Å². The first-order chi connectivity index (χ1) is 8.49. The molecule has 100 valence electrons. The molecule has 1 atom stereocenters. The summed E-state index contributed by atoms with van der Waals surface area (Å²) < 4.78 is 9.73. The quantitative estimate of drug-likeness (QED) is 0.817. The first-order valence-corrected chi connectivity index (χ1v) is 5.89. The minimum atomic E-state index is -0.657. The third kappa shape index (κ3) is 3.47. The molecule has 0 spiro atoms. The van der Waals surface area contributed by atoms with E-state index in [9.17, 15) is 9.90 Å². The zero-order valence-electron chi connectivity index (χ0n) is 11.3. The first kappa shape index (κ1) is 14.5. The van der Waals surface area contributed by atoms with Crippen LogP contribution in [-0.4, -0.2) is 25.3 Å². The molecule has 0 heterocycles. The Morgan fingerprint density at radius 3 is 2.28 bits per heavy atom. The van der Waals surface area contributed by atoms with Gasteiger partial charge in [0.2, 0.25) is 0 Å². The van der Waals surface area contributed by atoms with E-state index in [4.69, 9.17) is 4.74 Å². The molecule has 0 aliphatic carbocycles. The van der Waals surface area contributed by atoms with Gasteiger partial charge in [0.15, 0.2) is 0 Å². The number of carbonyl (C=O) groups excluding carboxylic acids is 1. The molecule has 0 saturated carbocycles. The molecule has 0 aliphatic heterocycles. The van der Waals surface area contributed by atoms with E-state index in [0.29, 0.717) is 6.42 Å². The van der Waals surface area contributed by atoms with Gasteiger partial charge in [0.25, 0.3) is 0 Å². The third-order valence-electron chi connectivity index (χ3n) is 2.99. The molecular weight excluding hydrogens is 232 g/mol. The van der Waals surface area contributed by atoms with E-state index in [1.807, 2.05) is 26.0 Å². The van der Waals surface area contributed by atoms with Crippen LogP contribution < -0.4 is 4.74 Å². The molecule has 4 nitrogen and oxygen atoms in total. The van der Waals surface area contributed by atoms with E-state index in [2.05, 4.69) is 4.74 Å². The molecule has 1 aromatic carbocycles. The van der Waals surface area contributed by atoms with Crippen LogP contribution >= 0.6 is 0 Å². The van der Waals surface area contributed by atoms with E-state index in [1.165, 1.54) is 7.11 Å². The molecule has 0 aliphatic rings. The van der Waals surface area contributed by atoms with E-state index in [0.717, 1.165) is 22.4 Å². The maximum absolute atomic E-state index is 11.1. The van der Waals surface area contributed by atoms with Gasteiger partial charge in [-0.15, -0.1) is 0 Å². The Labute approximate surface area is 108 Å². The molecule has 0 saturated heterocycles. The summed E-state index contributed by atoms with van der Waals surface area (Å²) in [6.07, 6.45) is -0.0847. The van der Waals surface area contributed by atoms with Crippen molar-refractivity contribution in [2.45, 2.75) is 32.8 Å². The second kappa shape index (κ2) is 6.40. The lowest BCUT2D eigenvalue weighted by molar-refractivity contribution is -0.141. The lowest BCUT2D eigenvalue weighted by Crippen LogP contribution is -2.07. The lowest BCUT2D eigenvalue weighted by atomic mass is 9.95. The van der Waals surface area contributed by atoms with Gasteiger partial charge in [-0.3, -0.25) is 4.79 Å². The van der Waals surface area contributed by atoms with Crippen molar-refractivity contribution >= 4 is 5.97 Å². The SMILES string of the molecule is COC(=O)CCC(O)c1c(C)cc(OC)cc1C. The summed E-state index contributed by atoms with van der Waals surface area (Å²) in [5.74, 6) is 0.465. The van der Waals surface area contributed by atoms with Crippen molar-refractivity contribution in [2.75, 3.05) is 14.2 Å². The van der Waals surface area contributed by atoms with Crippen LogP contribution in [0, 0.1) is 13.8 Å². The van der Waals surface area contributed by atoms with Crippen LogP contribution in [0.15, 0.2) is 12.1 Å². The molecule has 0 amide bonds. The predicted octanol–water partition coefficient (Wildman–Crippen LogP) is 2.30. The molecule has 1 unspecified atom stereocenters. The normalized spacial score (nSPS) is 12.1. The zero-order valence-corrected chi connectivity index (χ0v) is 11.3. The summed E-state index contributed by atoms with van der Waals surface area (Å²) in [5.41, 5.74) is 2.79. The predicted molar refractivity (Wildman–Crippen MR) is 68.7 cm³/mol. The highest BCUT2D eigenvalue weighted by Crippen LogP contribution is 2.29. The Morgan fingerprint density at radius 2 is 1.83 bits per heavy atom. The van der Waals surface area contributed by atoms with Crippen molar-refractivity contribution in [3.8, 4) is 5.75 Å². The molecule has 0 aromatic heterocycles. The molecule has 0 radical (unpaired) electrons. The zero-order chi connectivity index (χ0) is 13.7. The second-order valence-corrected chi connectivity index (χ2v) is 4.31. The monoisotopic (exact) mass is 252 g/mol. The summed E-state index contributed by atoms with van der Waals surface area (Å²) in [5, 5.41) is 10.1. The van der Waals surface area contributed by atoms with E-state index in [1.54, 1.807) is 7.11 Å². The highest BCUT2D eigenvalue weighted by Gasteiger charge is 2.16. The average molecular weight is 252 g/mol. The summed E-state index contributed by atoms with van der Waals surface area (Å²) in [4.78, 5) is 11.1. The number of aryl methyl sites for hydroxylation is 2. The smallest absolute Gasteiger partial charge is 0.305 e. The molecule has 1 aromatic rings. The van der Waals surface area contributed by atoms with Crippen molar-refractivity contribution in [3.05, 3.63) is 28.8 Å². The first-order valence-electron chi connectivity index (χ1n) is 5.89. The largest absolute Gasteiger partial charge is 0.497 e. The van der Waals surface area contributed by atoms with Gasteiger partial charge in [0.1, 0.15) is 5.75 Å². The van der Waals surface area contributed by atoms with E-state index >= 15 is 0 Å². The van der Waals surface area contributed by atoms with Crippen molar-refractivity contribution in [1.29, 1.82) is 0 Å². The Morgan fingerprint density at radius 1 is 1.28 bits per heavy atom. The Balaban J connectivity index is 2.85. The molecule has 0 bridgehead atoms. The number of methoxy groups -OCH3 is 2. The maximum atomic E-state index is 11.1. The van der Waals surface area contributed by atoms with Gasteiger partial charge in [-0.2, -0.15) is 0 Å². The van der Waals surface area contributed by atoms with Crippen molar-refractivity contribution < 1.29 is 19.4 Å². The van der Waals surface area contributed by atoms with Crippen molar-refractivity contribution in [1.82, 2.24) is 0 Å². The molecular formula is C14H20O4. The van der Waals surface area contributed by atoms with Crippen LogP contribution in [0.5, 0.6) is 5.75 Å². The van der Waals surface area contributed by atoms with Crippen molar-refractivity contribution in [2.24, 2.45) is 0 Å². The fraction of sp³-hybridized carbons (Fsp3) is 0.500. The highest BCUT2D eigenvalue weighted by molar-refractivity contribution is 5.69. The number of esters is 1. The maximum Gasteiger partial charge on any atom is 0.305 e. The Hall–Kier alpha value is -1.55. The van der Waals surface area contributed by atoms with E-state index < -0.39 is 6.10 Å². The number of aliphatic hydroxyl groups excluding tert-OH is 1. The number of rotatable bonds is 5. The van der Waals surface area contributed by atoms with Crippen LogP contribution in [0.1, 0.15) is 35.6 Å². The van der Waals surface area contributed by atoms with E-state index in [-0.39, 0.29) is 12.4 Å². The van der Waals surface area contributed by atoms with Crippen LogP contribution in [0.3, 0.4) is 0 Å². The van der Waals surface area contributed by atoms with Crippen LogP contribution in [0.2, 0.25) is 0 Å². The minimum Gasteiger partial charge on any atom is -0.497 e. The summed E-state index contributed by atoms with van der Waals surface area (Å²) in [6, 6.07) is 3.76. The number of aliphatic hydroxyl groups is 1. The van der Waals surface area contributed by atoms with Gasteiger partial charge in [-0.25, -0.2) is 0 Å². The summed E-state index contributed by atoms with van der Waals surface area (Å²) >= 11 is 0. The third-order valence-corrected chi connectivity index (χ3v) is 2.99. The fourth-order valence-corrected chi connectivity index (χ4v) is 2.08. The minimum absolute atomic E-state index is 0.211. The topological polar surface area (TPSA) is 55.8 Å². The number of carbonyl (C=O) groups is 1. The number of ether oxygens (including phenoxy) is 2. The molecule has 1 N–H and O–H groups in total. The molecule has 4 heteroatoms. The van der Waals surface area contributed by atoms with Gasteiger partial charge < -0.3 is 14.6 Å². The molecule has 1 rings (SSSR count). The van der Waals surface area contributed by atoms with Gasteiger partial charge in [0, 0.05) is 6.42 Å². The average Bonchev–Trinajstić information content (AvgIpc) is 2.34. The van der Waals surface area contributed by atoms with Gasteiger partial charge in [-0.1, -0.05) is 0 Å². The Kier molecular flexibility index (Phi) is 5.16. The molecule has 0 fully saturated rings. The van der Waals surface area contributed by atoms with Crippen molar-refractivity contribution in [3.63, 3.8) is 0 Å². The fourth-order valence-electron chi connectivity index (χ4n) is 2.08. The lowest BCUT2D eigenvalue weighted by Gasteiger charge is -2.17. The summed E-state index contributed by atoms with van der Waals surface area (Å²) in [7, 11) is 2.96. The number of hydrogen-bond donors (Lipinski definition) is 1. The van der Waals surface area contributed by atoms with Gasteiger partial charge in [-0.05, 0) is 49.1 Å². The summed E-state index contributed by atoms with van der Waals surface area (Å²) in [6.45, 7) is 3.85. The number of hydrogen-bond acceptors (Lipinski definition) is 4. The molecule has 18 heavy (non-hydrogen) atoms. The van der Waals surface area contributed by atoms with Gasteiger partial charge in [0.05, 0.1) is 20.3 Å². The highest BCUT2D eigenvalue weighted by atomic mass is 16.5. The second-order valence-electron chi connectivity index (χ2n) is 4.31.